The van der Waals surface area contributed by atoms with E-state index in [1.54, 1.807) is 0 Å². The maximum atomic E-state index is 11.1. The first-order valence-corrected chi connectivity index (χ1v) is 16.9. The summed E-state index contributed by atoms with van der Waals surface area (Å²) in [5, 5.41) is 76.4. The molecule has 0 radical (unpaired) electrons. The van der Waals surface area contributed by atoms with Crippen molar-refractivity contribution in [3.05, 3.63) is 0 Å². The van der Waals surface area contributed by atoms with Gasteiger partial charge in [-0.2, -0.15) is 0 Å². The predicted octanol–water partition coefficient (Wildman–Crippen LogP) is -10.4. The molecule has 51 heavy (non-hydrogen) atoms. The van der Waals surface area contributed by atoms with E-state index < -0.39 is 123 Å². The fraction of sp³-hybridized carbons (Fsp3) is 0.964. The molecule has 300 valence electrons. The van der Waals surface area contributed by atoms with E-state index in [4.69, 9.17) is 74.3 Å². The van der Waals surface area contributed by atoms with E-state index in [-0.39, 0.29) is 32.1 Å². The molecule has 0 bridgehead atoms. The number of nitrogens with zero attached hydrogens (tertiary/aromatic N) is 1. The van der Waals surface area contributed by atoms with Gasteiger partial charge in [0, 0.05) is 38.3 Å². The number of nitrogens with two attached hydrogens (primary N) is 8. The zero-order valence-electron chi connectivity index (χ0n) is 28.4. The summed E-state index contributed by atoms with van der Waals surface area (Å²) in [5.41, 5.74) is 46.7. The molecule has 0 aromatic rings. The van der Waals surface area contributed by atoms with Crippen LogP contribution < -0.4 is 51.2 Å². The Kier molecular flexibility index (Phi) is 17.9. The molecule has 2 heterocycles. The lowest BCUT2D eigenvalue weighted by Gasteiger charge is -2.48. The number of rotatable bonds is 20. The van der Waals surface area contributed by atoms with E-state index in [1.807, 2.05) is 0 Å². The maximum absolute atomic E-state index is 11.1. The van der Waals surface area contributed by atoms with Crippen LogP contribution in [0, 0.1) is 0 Å². The maximum Gasteiger partial charge on any atom is 0.187 e. The summed E-state index contributed by atoms with van der Waals surface area (Å²) < 4.78 is 35.4. The van der Waals surface area contributed by atoms with Gasteiger partial charge in [-0.3, -0.25) is 4.99 Å². The van der Waals surface area contributed by atoms with Crippen molar-refractivity contribution in [3.63, 3.8) is 0 Å². The highest BCUT2D eigenvalue weighted by molar-refractivity contribution is 5.75. The van der Waals surface area contributed by atoms with Crippen LogP contribution in [0.25, 0.3) is 0 Å². The van der Waals surface area contributed by atoms with Gasteiger partial charge in [-0.15, -0.1) is 0 Å². The normalized spacial score (nSPS) is 39.7. The lowest BCUT2D eigenvalue weighted by atomic mass is 9.84. The highest BCUT2D eigenvalue weighted by Crippen LogP contribution is 2.33. The quantitative estimate of drug-likeness (QED) is 0.0312. The number of hydrogen-bond donors (Lipinski definition) is 16. The van der Waals surface area contributed by atoms with Crippen LogP contribution in [0.5, 0.6) is 0 Å². The average Bonchev–Trinajstić information content (AvgIpc) is 3.41. The number of nitrogens with one attached hydrogen (secondary N) is 1. The van der Waals surface area contributed by atoms with Crippen molar-refractivity contribution in [3.8, 4) is 0 Å². The summed E-state index contributed by atoms with van der Waals surface area (Å²) in [7, 11) is 0. The van der Waals surface area contributed by atoms with E-state index >= 15 is 0 Å². The Bertz CT molecular complexity index is 1040. The number of aliphatic imine (C=N–C) groups is 1. The molecule has 2 aliphatic heterocycles. The number of guanidine groups is 1. The van der Waals surface area contributed by atoms with Crippen LogP contribution in [-0.2, 0) is 28.4 Å². The number of aliphatic hydroxyl groups is 7. The van der Waals surface area contributed by atoms with Crippen molar-refractivity contribution in [2.75, 3.05) is 52.5 Å². The zero-order valence-corrected chi connectivity index (χ0v) is 28.4. The first-order valence-electron chi connectivity index (χ1n) is 16.9. The van der Waals surface area contributed by atoms with Gasteiger partial charge >= 0.3 is 0 Å². The molecule has 18 atom stereocenters. The molecule has 23 heteroatoms. The van der Waals surface area contributed by atoms with E-state index in [0.717, 1.165) is 0 Å². The van der Waals surface area contributed by atoms with Crippen LogP contribution in [0.4, 0.5) is 0 Å². The molecule has 3 rings (SSSR count). The minimum absolute atomic E-state index is 0.0191. The number of hydrogen-bond acceptors (Lipinski definition) is 21. The van der Waals surface area contributed by atoms with Crippen molar-refractivity contribution < 1.29 is 64.2 Å². The fourth-order valence-electron chi connectivity index (χ4n) is 6.14. The molecule has 0 spiro atoms. The van der Waals surface area contributed by atoms with Gasteiger partial charge < -0.3 is 115 Å². The van der Waals surface area contributed by atoms with Crippen molar-refractivity contribution in [1.82, 2.24) is 5.32 Å². The monoisotopic (exact) mass is 744 g/mol. The Morgan fingerprint density at radius 1 is 0.804 bits per heavy atom. The van der Waals surface area contributed by atoms with E-state index in [1.165, 1.54) is 0 Å². The van der Waals surface area contributed by atoms with Gasteiger partial charge in [0.15, 0.2) is 18.5 Å². The van der Waals surface area contributed by atoms with Crippen molar-refractivity contribution in [1.29, 1.82) is 0 Å². The van der Waals surface area contributed by atoms with E-state index in [9.17, 15) is 35.7 Å². The van der Waals surface area contributed by atoms with Crippen molar-refractivity contribution in [2.45, 2.75) is 116 Å². The summed E-state index contributed by atoms with van der Waals surface area (Å²) in [6.07, 6.45) is -18.4. The first kappa shape index (κ1) is 43.9. The van der Waals surface area contributed by atoms with Crippen LogP contribution in [0.1, 0.15) is 6.42 Å². The summed E-state index contributed by atoms with van der Waals surface area (Å²) in [5.74, 6) is -0.0191. The van der Waals surface area contributed by atoms with Crippen LogP contribution in [-0.4, -0.2) is 204 Å². The van der Waals surface area contributed by atoms with Crippen molar-refractivity contribution >= 4 is 5.96 Å². The van der Waals surface area contributed by atoms with Crippen LogP contribution in [0.15, 0.2) is 4.99 Å². The highest BCUT2D eigenvalue weighted by Gasteiger charge is 2.53. The molecule has 24 N–H and O–H groups in total. The molecule has 1 aliphatic carbocycles. The minimum atomic E-state index is -1.67. The third kappa shape index (κ3) is 11.5. The van der Waals surface area contributed by atoms with Gasteiger partial charge in [0.1, 0.15) is 54.9 Å². The average molecular weight is 745 g/mol. The lowest BCUT2D eigenvalue weighted by molar-refractivity contribution is -0.309. The largest absolute Gasteiger partial charge is 0.394 e. The molecular weight excluding hydrogens is 684 g/mol. The molecule has 0 amide bonds. The van der Waals surface area contributed by atoms with Gasteiger partial charge in [-0.25, -0.2) is 0 Å². The third-order valence-corrected chi connectivity index (χ3v) is 9.15. The first-order chi connectivity index (χ1) is 24.2. The summed E-state index contributed by atoms with van der Waals surface area (Å²) >= 11 is 0. The molecule has 3 fully saturated rings. The Balaban J connectivity index is 1.65. The summed E-state index contributed by atoms with van der Waals surface area (Å²) in [4.78, 5) is 3.87. The summed E-state index contributed by atoms with van der Waals surface area (Å²) in [6, 6.07) is -4.14. The van der Waals surface area contributed by atoms with Crippen molar-refractivity contribution in [2.24, 2.45) is 50.9 Å². The fourth-order valence-corrected chi connectivity index (χ4v) is 6.14. The van der Waals surface area contributed by atoms with E-state index in [0.29, 0.717) is 19.6 Å². The van der Waals surface area contributed by atoms with Gasteiger partial charge in [0.25, 0.3) is 0 Å². The second-order valence-electron chi connectivity index (χ2n) is 13.0. The Hall–Kier alpha value is -1.53. The Morgan fingerprint density at radius 2 is 1.45 bits per heavy atom. The van der Waals surface area contributed by atoms with Crippen LogP contribution in [0.3, 0.4) is 0 Å². The van der Waals surface area contributed by atoms with Crippen LogP contribution >= 0.6 is 0 Å². The van der Waals surface area contributed by atoms with Gasteiger partial charge in [0.05, 0.1) is 56.8 Å². The molecule has 3 aliphatic rings. The topological polar surface area (TPSA) is 430 Å². The van der Waals surface area contributed by atoms with Gasteiger partial charge in [-0.1, -0.05) is 0 Å². The molecule has 2 saturated heterocycles. The standard InChI is InChI=1S/C28H60N10O13/c29-6-13(40)19(43)17(41)12(33)9-47-24-15(8-39)49-27(21(24)45)51-25-18(42)10(31)5-11(32)22(25)50-26-16(34)20(44)23(14(7-30)48-26)46-4-3-37-1-2-38-28(35)36/h10-27,37,39-45H,1-9,29-34H2,(H4,35,36,38)/t10-,11?,12+,13+,14?,15-,16?,17?,18?,19?,20?,21+,22-,23-,24+,25?,26-,27+/m1/s1. The molecule has 8 unspecified atom stereocenters. The minimum Gasteiger partial charge on any atom is -0.394 e. The van der Waals surface area contributed by atoms with Gasteiger partial charge in [0.2, 0.25) is 0 Å². The highest BCUT2D eigenvalue weighted by atomic mass is 16.7. The predicted molar refractivity (Wildman–Crippen MR) is 178 cm³/mol. The van der Waals surface area contributed by atoms with E-state index in [2.05, 4.69) is 10.3 Å². The molecule has 0 aromatic heterocycles. The van der Waals surface area contributed by atoms with Gasteiger partial charge in [-0.05, 0) is 6.42 Å². The number of ether oxygens (including phenoxy) is 6. The molecule has 1 saturated carbocycles. The SMILES string of the molecule is NCC1O[C@H](O[C@@H]2C(N)C[C@@H](N)C(O)C2O[C@@H]2O[C@H](CO)[C@H](OC[C@H](N)C(O)C(O)[C@@H](O)CN)[C@@H]2O)C(N)C(O)[C@@H]1OCCNCCN=C(N)N. The summed E-state index contributed by atoms with van der Waals surface area (Å²) in [6.45, 7) is -0.0554. The van der Waals surface area contributed by atoms with Crippen LogP contribution in [0.2, 0.25) is 0 Å². The lowest BCUT2D eigenvalue weighted by Crippen LogP contribution is -2.68. The second-order valence-corrected chi connectivity index (χ2v) is 13.0. The third-order valence-electron chi connectivity index (χ3n) is 9.15. The Labute approximate surface area is 295 Å². The molecule has 23 nitrogen and oxygen atoms in total. The molecular formula is C28H60N10O13. The Morgan fingerprint density at radius 3 is 2.08 bits per heavy atom. The molecule has 0 aromatic carbocycles. The smallest absolute Gasteiger partial charge is 0.187 e. The zero-order chi connectivity index (χ0) is 38.0. The number of aliphatic hydroxyl groups excluding tert-OH is 7. The second kappa shape index (κ2) is 20.8.